The van der Waals surface area contributed by atoms with E-state index in [1.54, 1.807) is 18.2 Å². The predicted molar refractivity (Wildman–Crippen MR) is 100 cm³/mol. The van der Waals surface area contributed by atoms with Crippen molar-refractivity contribution in [3.8, 4) is 0 Å². The zero-order valence-electron chi connectivity index (χ0n) is 14.5. The van der Waals surface area contributed by atoms with Crippen molar-refractivity contribution >= 4 is 40.7 Å². The molecule has 0 heterocycles. The highest BCUT2D eigenvalue weighted by atomic mass is 35.5. The van der Waals surface area contributed by atoms with E-state index in [1.807, 2.05) is 0 Å². The highest BCUT2D eigenvalue weighted by Gasteiger charge is 2.28. The zero-order chi connectivity index (χ0) is 18.4. The number of carbonyl (C=O) groups excluding carboxylic acids is 2. The van der Waals surface area contributed by atoms with Gasteiger partial charge in [0.2, 0.25) is 11.8 Å². The lowest BCUT2D eigenvalue weighted by molar-refractivity contribution is -0.129. The van der Waals surface area contributed by atoms with Crippen molar-refractivity contribution in [1.29, 1.82) is 0 Å². The van der Waals surface area contributed by atoms with Crippen LogP contribution in [-0.4, -0.2) is 31.1 Å². The van der Waals surface area contributed by atoms with Crippen molar-refractivity contribution < 1.29 is 14.3 Å². The number of anilines is 1. The van der Waals surface area contributed by atoms with Gasteiger partial charge in [0.25, 0.3) is 0 Å². The number of rotatable bonds is 6. The first-order valence-corrected chi connectivity index (χ1v) is 9.25. The molecule has 0 aliphatic heterocycles. The lowest BCUT2D eigenvalue weighted by Crippen LogP contribution is -2.45. The molecule has 1 aromatic rings. The first kappa shape index (κ1) is 20.0. The summed E-state index contributed by atoms with van der Waals surface area (Å²) in [5, 5.41) is 6.24. The maximum atomic E-state index is 12.0. The Hall–Kier alpha value is -1.30. The number of ether oxygens (including phenoxy) is 1. The molecule has 1 aliphatic carbocycles. The van der Waals surface area contributed by atoms with Gasteiger partial charge in [-0.2, -0.15) is 0 Å². The molecule has 0 bridgehead atoms. The molecule has 0 saturated heterocycles. The van der Waals surface area contributed by atoms with E-state index in [0.717, 1.165) is 12.8 Å². The Morgan fingerprint density at radius 1 is 1.16 bits per heavy atom. The molecule has 0 radical (unpaired) electrons. The fourth-order valence-electron chi connectivity index (χ4n) is 3.06. The van der Waals surface area contributed by atoms with Crippen LogP contribution in [0.2, 0.25) is 10.0 Å². The monoisotopic (exact) mass is 386 g/mol. The molecule has 0 unspecified atom stereocenters. The lowest BCUT2D eigenvalue weighted by Gasteiger charge is -2.34. The molecule has 0 spiro atoms. The maximum absolute atomic E-state index is 12.0. The number of nitrogens with one attached hydrogen (secondary N) is 2. The summed E-state index contributed by atoms with van der Waals surface area (Å²) < 4.78 is 5.20. The average molecular weight is 387 g/mol. The molecule has 138 valence electrons. The molecular weight excluding hydrogens is 363 g/mol. The maximum Gasteiger partial charge on any atom is 0.250 e. The minimum absolute atomic E-state index is 0.145. The first-order valence-electron chi connectivity index (χ1n) is 8.49. The Bertz CT molecular complexity index is 624. The predicted octanol–water partition coefficient (Wildman–Crippen LogP) is 3.89. The molecule has 1 saturated carbocycles. The van der Waals surface area contributed by atoms with Gasteiger partial charge in [-0.1, -0.05) is 56.0 Å². The van der Waals surface area contributed by atoms with E-state index >= 15 is 0 Å². The van der Waals surface area contributed by atoms with E-state index in [4.69, 9.17) is 27.9 Å². The van der Waals surface area contributed by atoms with E-state index < -0.39 is 5.91 Å². The van der Waals surface area contributed by atoms with Crippen molar-refractivity contribution in [1.82, 2.24) is 5.32 Å². The number of carbonyl (C=O) groups is 2. The summed E-state index contributed by atoms with van der Waals surface area (Å²) in [6.45, 7) is 4.00. The average Bonchev–Trinajstić information content (AvgIpc) is 2.56. The number of halogens is 2. The van der Waals surface area contributed by atoms with Crippen molar-refractivity contribution in [2.75, 3.05) is 18.5 Å². The molecule has 3 atom stereocenters. The van der Waals surface area contributed by atoms with Gasteiger partial charge < -0.3 is 15.4 Å². The second-order valence-corrected chi connectivity index (χ2v) is 7.37. The number of hydrogen-bond acceptors (Lipinski definition) is 3. The molecule has 0 aromatic heterocycles. The summed E-state index contributed by atoms with van der Waals surface area (Å²) in [5.41, 5.74) is 0.414. The van der Waals surface area contributed by atoms with Gasteiger partial charge in [0.15, 0.2) is 0 Å². The van der Waals surface area contributed by atoms with Crippen LogP contribution in [0.4, 0.5) is 5.69 Å². The third-order valence-electron chi connectivity index (χ3n) is 4.75. The number of hydrogen-bond donors (Lipinski definition) is 2. The standard InChI is InChI=1S/C18H24Cl2N2O3/c1-11-5-3-7-14(12(11)2)21-16(23)9-25-10-17(24)22-15-8-4-6-13(19)18(15)20/h4,6,8,11-12,14H,3,5,7,9-10H2,1-2H3,(H,21,23)(H,22,24)/t11-,12+,14-/m1/s1. The highest BCUT2D eigenvalue weighted by Crippen LogP contribution is 2.30. The van der Waals surface area contributed by atoms with E-state index in [1.165, 1.54) is 6.42 Å². The second kappa shape index (κ2) is 9.41. The van der Waals surface area contributed by atoms with Crippen LogP contribution in [0.25, 0.3) is 0 Å². The molecule has 2 N–H and O–H groups in total. The molecule has 7 heteroatoms. The summed E-state index contributed by atoms with van der Waals surface area (Å²) >= 11 is 11.9. The van der Waals surface area contributed by atoms with E-state index in [2.05, 4.69) is 24.5 Å². The third kappa shape index (κ3) is 5.87. The number of amides is 2. The summed E-state index contributed by atoms with van der Waals surface area (Å²) in [6.07, 6.45) is 3.32. The zero-order valence-corrected chi connectivity index (χ0v) is 16.0. The van der Waals surface area contributed by atoms with Crippen LogP contribution in [0.3, 0.4) is 0 Å². The van der Waals surface area contributed by atoms with Gasteiger partial charge in [-0.05, 0) is 30.4 Å². The summed E-state index contributed by atoms with van der Waals surface area (Å²) in [4.78, 5) is 23.9. The Morgan fingerprint density at radius 3 is 2.64 bits per heavy atom. The van der Waals surface area contributed by atoms with Gasteiger partial charge in [-0.15, -0.1) is 0 Å². The minimum Gasteiger partial charge on any atom is -0.362 e. The van der Waals surface area contributed by atoms with Crippen LogP contribution < -0.4 is 10.6 Å². The lowest BCUT2D eigenvalue weighted by atomic mass is 9.78. The van der Waals surface area contributed by atoms with Gasteiger partial charge in [0.1, 0.15) is 13.2 Å². The van der Waals surface area contributed by atoms with Crippen LogP contribution >= 0.6 is 23.2 Å². The minimum atomic E-state index is -0.392. The van der Waals surface area contributed by atoms with Gasteiger partial charge in [-0.25, -0.2) is 0 Å². The van der Waals surface area contributed by atoms with E-state index in [0.29, 0.717) is 22.5 Å². The van der Waals surface area contributed by atoms with Gasteiger partial charge in [0, 0.05) is 6.04 Å². The quantitative estimate of drug-likeness (QED) is 0.778. The fraction of sp³-hybridized carbons (Fsp3) is 0.556. The van der Waals surface area contributed by atoms with Gasteiger partial charge >= 0.3 is 0 Å². The second-order valence-electron chi connectivity index (χ2n) is 6.58. The molecule has 1 fully saturated rings. The molecule has 1 aromatic carbocycles. The molecule has 5 nitrogen and oxygen atoms in total. The number of benzene rings is 1. The Balaban J connectivity index is 1.72. The fourth-order valence-corrected chi connectivity index (χ4v) is 3.40. The third-order valence-corrected chi connectivity index (χ3v) is 5.56. The summed E-state index contributed by atoms with van der Waals surface area (Å²) in [6, 6.07) is 5.14. The molecule has 2 amide bonds. The van der Waals surface area contributed by atoms with Crippen molar-refractivity contribution in [2.24, 2.45) is 11.8 Å². The Labute approximate surface area is 158 Å². The topological polar surface area (TPSA) is 67.4 Å². The SMILES string of the molecule is C[C@H]1[C@H](C)CCC[C@H]1NC(=O)COCC(=O)Nc1cccc(Cl)c1Cl. The molecule has 2 rings (SSSR count). The highest BCUT2D eigenvalue weighted by molar-refractivity contribution is 6.43. The molecule has 1 aliphatic rings. The van der Waals surface area contributed by atoms with Crippen LogP contribution in [-0.2, 0) is 14.3 Å². The van der Waals surface area contributed by atoms with Crippen molar-refractivity contribution in [3.05, 3.63) is 28.2 Å². The Morgan fingerprint density at radius 2 is 1.88 bits per heavy atom. The van der Waals surface area contributed by atoms with Crippen LogP contribution in [0, 0.1) is 11.8 Å². The Kier molecular flexibility index (Phi) is 7.54. The van der Waals surface area contributed by atoms with Crippen LogP contribution in [0.5, 0.6) is 0 Å². The van der Waals surface area contributed by atoms with E-state index in [9.17, 15) is 9.59 Å². The van der Waals surface area contributed by atoms with E-state index in [-0.39, 0.29) is 30.2 Å². The molecular formula is C18H24Cl2N2O3. The summed E-state index contributed by atoms with van der Waals surface area (Å²) in [5.74, 6) is 0.468. The van der Waals surface area contributed by atoms with Crippen LogP contribution in [0.15, 0.2) is 18.2 Å². The van der Waals surface area contributed by atoms with Crippen molar-refractivity contribution in [3.63, 3.8) is 0 Å². The normalized spacial score (nSPS) is 23.1. The first-order chi connectivity index (χ1) is 11.9. The van der Waals surface area contributed by atoms with Gasteiger partial charge in [0.05, 0.1) is 15.7 Å². The largest absolute Gasteiger partial charge is 0.362 e. The van der Waals surface area contributed by atoms with Crippen molar-refractivity contribution in [2.45, 2.75) is 39.2 Å². The smallest absolute Gasteiger partial charge is 0.250 e. The summed E-state index contributed by atoms with van der Waals surface area (Å²) in [7, 11) is 0. The molecule has 25 heavy (non-hydrogen) atoms. The van der Waals surface area contributed by atoms with Gasteiger partial charge in [-0.3, -0.25) is 9.59 Å². The van der Waals surface area contributed by atoms with Crippen LogP contribution in [0.1, 0.15) is 33.1 Å².